The smallest absolute Gasteiger partial charge is 0.292 e. The summed E-state index contributed by atoms with van der Waals surface area (Å²) in [7, 11) is 1.79. The van der Waals surface area contributed by atoms with Crippen LogP contribution >= 0.6 is 12.2 Å². The van der Waals surface area contributed by atoms with Crippen LogP contribution in [0.2, 0.25) is 0 Å². The minimum atomic E-state index is 0.219. The number of anilines is 1. The second kappa shape index (κ2) is 7.02. The van der Waals surface area contributed by atoms with Gasteiger partial charge in [-0.15, -0.1) is 0 Å². The molecular weight excluding hydrogens is 226 g/mol. The Kier molecular flexibility index (Phi) is 5.58. The molecule has 0 aliphatic heterocycles. The van der Waals surface area contributed by atoms with Gasteiger partial charge in [0.15, 0.2) is 5.11 Å². The number of nitrogens with one attached hydrogen (secondary N) is 3. The number of oxazole rings is 1. The molecule has 7 heteroatoms. The van der Waals surface area contributed by atoms with Gasteiger partial charge in [-0.3, -0.25) is 0 Å². The first-order chi connectivity index (χ1) is 7.72. The zero-order chi connectivity index (χ0) is 11.8. The van der Waals surface area contributed by atoms with Crippen molar-refractivity contribution in [3.05, 3.63) is 12.0 Å². The molecule has 1 heterocycles. The van der Waals surface area contributed by atoms with Gasteiger partial charge in [-0.05, 0) is 12.2 Å². The van der Waals surface area contributed by atoms with Crippen LogP contribution in [0.1, 0.15) is 5.76 Å². The minimum Gasteiger partial charge on any atom is -0.429 e. The number of nitrogen functional groups attached to an aromatic ring is 1. The summed E-state index contributed by atoms with van der Waals surface area (Å²) in [5.41, 5.74) is 5.35. The van der Waals surface area contributed by atoms with Gasteiger partial charge in [0.05, 0.1) is 6.20 Å². The first-order valence-corrected chi connectivity index (χ1v) is 5.49. The van der Waals surface area contributed by atoms with Crippen LogP contribution in [-0.2, 0) is 6.42 Å². The molecule has 0 amide bonds. The van der Waals surface area contributed by atoms with Gasteiger partial charge in [-0.2, -0.15) is 0 Å². The van der Waals surface area contributed by atoms with Crippen LogP contribution < -0.4 is 21.7 Å². The molecule has 0 bridgehead atoms. The third kappa shape index (κ3) is 4.94. The molecule has 6 nitrogen and oxygen atoms in total. The van der Waals surface area contributed by atoms with E-state index in [9.17, 15) is 0 Å². The number of hydrogen-bond acceptors (Lipinski definition) is 5. The van der Waals surface area contributed by atoms with Crippen molar-refractivity contribution in [2.75, 3.05) is 32.4 Å². The second-order valence-corrected chi connectivity index (χ2v) is 3.58. The lowest BCUT2D eigenvalue weighted by atomic mass is 10.3. The van der Waals surface area contributed by atoms with E-state index in [1.807, 2.05) is 0 Å². The Balaban J connectivity index is 1.98. The summed E-state index contributed by atoms with van der Waals surface area (Å²) in [6.45, 7) is 2.45. The van der Waals surface area contributed by atoms with Gasteiger partial charge in [0, 0.05) is 33.1 Å². The predicted molar refractivity (Wildman–Crippen MR) is 67.1 cm³/mol. The third-order valence-corrected chi connectivity index (χ3v) is 2.28. The number of nitrogens with two attached hydrogens (primary N) is 1. The van der Waals surface area contributed by atoms with E-state index < -0.39 is 0 Å². The Hall–Kier alpha value is -1.34. The van der Waals surface area contributed by atoms with Gasteiger partial charge in [0.25, 0.3) is 6.01 Å². The summed E-state index contributed by atoms with van der Waals surface area (Å²) in [5, 5.41) is 9.78. The molecule has 1 aromatic rings. The zero-order valence-electron chi connectivity index (χ0n) is 9.25. The highest BCUT2D eigenvalue weighted by molar-refractivity contribution is 7.80. The monoisotopic (exact) mass is 243 g/mol. The maximum atomic E-state index is 5.35. The lowest BCUT2D eigenvalue weighted by Gasteiger charge is -2.07. The molecule has 0 fully saturated rings. The van der Waals surface area contributed by atoms with E-state index in [-0.39, 0.29) is 6.01 Å². The Labute approximate surface area is 100.0 Å². The summed E-state index contributed by atoms with van der Waals surface area (Å²) < 4.78 is 5.13. The molecule has 0 aliphatic rings. The molecule has 0 unspecified atom stereocenters. The van der Waals surface area contributed by atoms with Gasteiger partial charge in [-0.1, -0.05) is 0 Å². The maximum Gasteiger partial charge on any atom is 0.292 e. The van der Waals surface area contributed by atoms with Gasteiger partial charge >= 0.3 is 0 Å². The van der Waals surface area contributed by atoms with Gasteiger partial charge in [-0.25, -0.2) is 4.98 Å². The van der Waals surface area contributed by atoms with Crippen molar-refractivity contribution in [1.82, 2.24) is 20.9 Å². The Bertz CT molecular complexity index is 327. The Morgan fingerprint density at radius 2 is 2.31 bits per heavy atom. The van der Waals surface area contributed by atoms with Gasteiger partial charge in [0.2, 0.25) is 0 Å². The van der Waals surface area contributed by atoms with Crippen LogP contribution in [0.5, 0.6) is 0 Å². The van der Waals surface area contributed by atoms with Gasteiger partial charge in [0.1, 0.15) is 5.76 Å². The van der Waals surface area contributed by atoms with Crippen molar-refractivity contribution in [2.45, 2.75) is 6.42 Å². The summed E-state index contributed by atoms with van der Waals surface area (Å²) in [4.78, 5) is 3.81. The topological polar surface area (TPSA) is 88.1 Å². The molecule has 5 N–H and O–H groups in total. The van der Waals surface area contributed by atoms with Crippen LogP contribution in [0.4, 0.5) is 6.01 Å². The molecule has 1 rings (SSSR count). The number of thiocarbonyl (C=S) groups is 1. The molecule has 90 valence electrons. The average Bonchev–Trinajstić information content (AvgIpc) is 2.69. The van der Waals surface area contributed by atoms with Crippen molar-refractivity contribution in [2.24, 2.45) is 0 Å². The normalized spacial score (nSPS) is 10.1. The van der Waals surface area contributed by atoms with Crippen LogP contribution in [0.3, 0.4) is 0 Å². The molecule has 0 aromatic carbocycles. The van der Waals surface area contributed by atoms with Crippen LogP contribution in [0.25, 0.3) is 0 Å². The van der Waals surface area contributed by atoms with Crippen LogP contribution in [0.15, 0.2) is 10.6 Å². The zero-order valence-corrected chi connectivity index (χ0v) is 10.1. The van der Waals surface area contributed by atoms with Gasteiger partial charge < -0.3 is 26.1 Å². The SMILES string of the molecule is CNC(=S)NCCNCCc1cnc(N)o1. The number of rotatable bonds is 6. The van der Waals surface area contributed by atoms with Crippen molar-refractivity contribution in [1.29, 1.82) is 0 Å². The van der Waals surface area contributed by atoms with E-state index in [4.69, 9.17) is 22.4 Å². The third-order valence-electron chi connectivity index (χ3n) is 1.93. The van der Waals surface area contributed by atoms with E-state index in [1.165, 1.54) is 0 Å². The van der Waals surface area contributed by atoms with E-state index >= 15 is 0 Å². The number of nitrogens with zero attached hydrogens (tertiary/aromatic N) is 1. The number of aromatic nitrogens is 1. The fraction of sp³-hybridized carbons (Fsp3) is 0.556. The van der Waals surface area contributed by atoms with Crippen molar-refractivity contribution >= 4 is 23.3 Å². The summed E-state index contributed by atoms with van der Waals surface area (Å²) >= 11 is 4.93. The fourth-order valence-electron chi connectivity index (χ4n) is 1.13. The molecule has 0 saturated heterocycles. The molecule has 16 heavy (non-hydrogen) atoms. The minimum absolute atomic E-state index is 0.219. The van der Waals surface area contributed by atoms with Crippen LogP contribution in [0, 0.1) is 0 Å². The summed E-state index contributed by atoms with van der Waals surface area (Å²) in [5.74, 6) is 0.795. The van der Waals surface area contributed by atoms with Crippen molar-refractivity contribution < 1.29 is 4.42 Å². The molecule has 0 atom stereocenters. The molecular formula is C9H17N5OS. The largest absolute Gasteiger partial charge is 0.429 e. The fourth-order valence-corrected chi connectivity index (χ4v) is 1.23. The van der Waals surface area contributed by atoms with Crippen molar-refractivity contribution in [3.8, 4) is 0 Å². The molecule has 0 aliphatic carbocycles. The highest BCUT2D eigenvalue weighted by Crippen LogP contribution is 2.03. The quantitative estimate of drug-likeness (QED) is 0.395. The average molecular weight is 243 g/mol. The molecule has 0 radical (unpaired) electrons. The summed E-state index contributed by atoms with van der Waals surface area (Å²) in [6, 6.07) is 0.219. The van der Waals surface area contributed by atoms with E-state index in [0.717, 1.165) is 31.8 Å². The first-order valence-electron chi connectivity index (χ1n) is 5.09. The van der Waals surface area contributed by atoms with E-state index in [1.54, 1.807) is 13.2 Å². The molecule has 0 spiro atoms. The Morgan fingerprint density at radius 1 is 1.50 bits per heavy atom. The Morgan fingerprint density at radius 3 is 2.94 bits per heavy atom. The number of hydrogen-bond donors (Lipinski definition) is 4. The molecule has 1 aromatic heterocycles. The van der Waals surface area contributed by atoms with E-state index in [2.05, 4.69) is 20.9 Å². The highest BCUT2D eigenvalue weighted by Gasteiger charge is 1.99. The highest BCUT2D eigenvalue weighted by atomic mass is 32.1. The van der Waals surface area contributed by atoms with Crippen LogP contribution in [-0.4, -0.2) is 36.8 Å². The summed E-state index contributed by atoms with van der Waals surface area (Å²) in [6.07, 6.45) is 2.42. The standard InChI is InChI=1S/C9H17N5OS/c1-11-9(16)13-5-4-12-3-2-7-6-14-8(10)15-7/h6,12H,2-5H2,1H3,(H2,10,14)(H2,11,13,16). The van der Waals surface area contributed by atoms with Crippen molar-refractivity contribution in [3.63, 3.8) is 0 Å². The lowest BCUT2D eigenvalue weighted by molar-refractivity contribution is 0.511. The maximum absolute atomic E-state index is 5.35. The predicted octanol–water partition coefficient (Wildman–Crippen LogP) is -0.517. The first kappa shape index (κ1) is 12.7. The lowest BCUT2D eigenvalue weighted by Crippen LogP contribution is -2.37. The second-order valence-electron chi connectivity index (χ2n) is 3.17. The van der Waals surface area contributed by atoms with E-state index in [0.29, 0.717) is 5.11 Å². The molecule has 0 saturated carbocycles.